The summed E-state index contributed by atoms with van der Waals surface area (Å²) in [4.78, 5) is 10.7. The molecule has 0 aliphatic carbocycles. The molecule has 2 aromatic rings. The number of hydrogen-bond acceptors (Lipinski definition) is 2. The molecule has 0 spiro atoms. The van der Waals surface area contributed by atoms with Crippen molar-refractivity contribution in [3.05, 3.63) is 71.8 Å². The van der Waals surface area contributed by atoms with Gasteiger partial charge in [-0.05, 0) is 17.5 Å². The Morgan fingerprint density at radius 3 is 1.75 bits per heavy atom. The van der Waals surface area contributed by atoms with Crippen molar-refractivity contribution in [2.24, 2.45) is 0 Å². The number of hydrogen-bond donors (Lipinski definition) is 2. The van der Waals surface area contributed by atoms with Crippen molar-refractivity contribution >= 4 is 5.97 Å². The lowest BCUT2D eigenvalue weighted by Gasteiger charge is -2.23. The van der Waals surface area contributed by atoms with Crippen molar-refractivity contribution in [1.29, 1.82) is 0 Å². The molecule has 20 heavy (non-hydrogen) atoms. The normalized spacial score (nSPS) is 12.3. The van der Waals surface area contributed by atoms with Gasteiger partial charge in [-0.2, -0.15) is 0 Å². The van der Waals surface area contributed by atoms with Gasteiger partial charge in [0.1, 0.15) is 0 Å². The van der Waals surface area contributed by atoms with Crippen LogP contribution in [0.5, 0.6) is 0 Å². The summed E-state index contributed by atoms with van der Waals surface area (Å²) in [5.41, 5.74) is 1.99. The predicted molar refractivity (Wildman–Crippen MR) is 77.6 cm³/mol. The fraction of sp³-hybridized carbons (Fsp3) is 0.235. The van der Waals surface area contributed by atoms with Crippen LogP contribution in [0.25, 0.3) is 0 Å². The monoisotopic (exact) mass is 270 g/mol. The molecule has 0 fully saturated rings. The third kappa shape index (κ3) is 3.68. The zero-order chi connectivity index (χ0) is 14.4. The molecule has 1 unspecified atom stereocenters. The Kier molecular flexibility index (Phi) is 4.91. The summed E-state index contributed by atoms with van der Waals surface area (Å²) in [5, 5.41) is 19.2. The minimum absolute atomic E-state index is 0.0304. The van der Waals surface area contributed by atoms with E-state index in [1.165, 1.54) is 0 Å². The molecule has 0 aliphatic heterocycles. The van der Waals surface area contributed by atoms with Crippen LogP contribution >= 0.6 is 0 Å². The molecule has 2 aromatic carbocycles. The lowest BCUT2D eigenvalue weighted by Crippen LogP contribution is -2.21. The highest BCUT2D eigenvalue weighted by Crippen LogP contribution is 2.29. The molecule has 0 saturated carbocycles. The number of carbonyl (C=O) groups is 1. The van der Waals surface area contributed by atoms with Gasteiger partial charge in [-0.15, -0.1) is 0 Å². The van der Waals surface area contributed by atoms with Crippen LogP contribution in [0.3, 0.4) is 0 Å². The maximum absolute atomic E-state index is 10.7. The predicted octanol–water partition coefficient (Wildman–Crippen LogP) is 3.04. The Labute approximate surface area is 118 Å². The van der Waals surface area contributed by atoms with Gasteiger partial charge in [-0.25, -0.2) is 0 Å². The van der Waals surface area contributed by atoms with Gasteiger partial charge < -0.3 is 10.2 Å². The van der Waals surface area contributed by atoms with Gasteiger partial charge in [-0.1, -0.05) is 60.7 Å². The van der Waals surface area contributed by atoms with Crippen LogP contribution < -0.4 is 0 Å². The maximum Gasteiger partial charge on any atom is 0.303 e. The van der Waals surface area contributed by atoms with Crippen molar-refractivity contribution in [3.8, 4) is 0 Å². The van der Waals surface area contributed by atoms with Crippen molar-refractivity contribution < 1.29 is 15.0 Å². The summed E-state index contributed by atoms with van der Waals surface area (Å²) < 4.78 is 0. The Hall–Kier alpha value is -2.13. The van der Waals surface area contributed by atoms with Gasteiger partial charge in [0.05, 0.1) is 6.10 Å². The molecule has 104 valence electrons. The van der Waals surface area contributed by atoms with Gasteiger partial charge in [0.15, 0.2) is 0 Å². The summed E-state index contributed by atoms with van der Waals surface area (Å²) >= 11 is 0. The van der Waals surface area contributed by atoms with Gasteiger partial charge >= 0.3 is 5.97 Å². The first-order valence-electron chi connectivity index (χ1n) is 6.68. The van der Waals surface area contributed by atoms with Crippen LogP contribution in [0.2, 0.25) is 0 Å². The average Bonchev–Trinajstić information content (AvgIpc) is 2.48. The van der Waals surface area contributed by atoms with Crippen LogP contribution in [0.15, 0.2) is 60.7 Å². The fourth-order valence-electron chi connectivity index (χ4n) is 2.40. The first-order valence-corrected chi connectivity index (χ1v) is 6.68. The average molecular weight is 270 g/mol. The Bertz CT molecular complexity index is 497. The number of rotatable bonds is 6. The van der Waals surface area contributed by atoms with E-state index in [4.69, 9.17) is 5.11 Å². The zero-order valence-electron chi connectivity index (χ0n) is 11.1. The summed E-state index contributed by atoms with van der Waals surface area (Å²) in [6.45, 7) is 0. The summed E-state index contributed by atoms with van der Waals surface area (Å²) in [6.07, 6.45) is -0.503. The number of benzene rings is 2. The molecule has 0 radical (unpaired) electrons. The van der Waals surface area contributed by atoms with Crippen molar-refractivity contribution in [1.82, 2.24) is 0 Å². The van der Waals surface area contributed by atoms with Crippen molar-refractivity contribution in [2.75, 3.05) is 0 Å². The Morgan fingerprint density at radius 1 is 0.900 bits per heavy atom. The van der Waals surface area contributed by atoms with Crippen molar-refractivity contribution in [3.63, 3.8) is 0 Å². The van der Waals surface area contributed by atoms with Crippen LogP contribution in [0, 0.1) is 0 Å². The molecule has 3 heteroatoms. The lowest BCUT2D eigenvalue weighted by molar-refractivity contribution is -0.137. The Morgan fingerprint density at radius 2 is 1.35 bits per heavy atom. The highest BCUT2D eigenvalue weighted by molar-refractivity contribution is 5.66. The summed E-state index contributed by atoms with van der Waals surface area (Å²) in [7, 11) is 0. The molecule has 0 aromatic heterocycles. The van der Waals surface area contributed by atoms with E-state index in [1.807, 2.05) is 60.7 Å². The Balaban J connectivity index is 2.27. The van der Waals surface area contributed by atoms with E-state index in [-0.39, 0.29) is 18.8 Å². The van der Waals surface area contributed by atoms with Crippen LogP contribution in [0.4, 0.5) is 0 Å². The number of aliphatic carboxylic acids is 1. The van der Waals surface area contributed by atoms with Gasteiger partial charge in [0, 0.05) is 12.3 Å². The maximum atomic E-state index is 10.7. The molecule has 0 heterocycles. The van der Waals surface area contributed by atoms with E-state index >= 15 is 0 Å². The smallest absolute Gasteiger partial charge is 0.303 e. The quantitative estimate of drug-likeness (QED) is 0.848. The number of aliphatic hydroxyl groups excluding tert-OH is 1. The van der Waals surface area contributed by atoms with E-state index in [1.54, 1.807) is 0 Å². The highest BCUT2D eigenvalue weighted by atomic mass is 16.4. The standard InChI is InChI=1S/C17H18O3/c18-15(11-12-16(19)20)17(13-7-3-1-4-8-13)14-9-5-2-6-10-14/h1-10,15,17-18H,11-12H2,(H,19,20). The number of aliphatic hydroxyl groups is 1. The van der Waals surface area contributed by atoms with E-state index < -0.39 is 12.1 Å². The van der Waals surface area contributed by atoms with E-state index in [0.717, 1.165) is 11.1 Å². The second kappa shape index (κ2) is 6.87. The molecule has 0 aliphatic rings. The van der Waals surface area contributed by atoms with Crippen LogP contribution in [0.1, 0.15) is 29.9 Å². The summed E-state index contributed by atoms with van der Waals surface area (Å²) in [5.74, 6) is -1.08. The second-order valence-corrected chi connectivity index (χ2v) is 4.80. The molecule has 1 atom stereocenters. The molecule has 0 amide bonds. The first kappa shape index (κ1) is 14.3. The molecule has 2 rings (SSSR count). The van der Waals surface area contributed by atoms with Crippen LogP contribution in [-0.4, -0.2) is 22.3 Å². The summed E-state index contributed by atoms with van der Waals surface area (Å²) in [6, 6.07) is 19.4. The third-order valence-corrected chi connectivity index (χ3v) is 3.36. The lowest BCUT2D eigenvalue weighted by atomic mass is 9.85. The molecular formula is C17H18O3. The first-order chi connectivity index (χ1) is 9.68. The number of carboxylic acid groups (broad SMARTS) is 1. The largest absolute Gasteiger partial charge is 0.481 e. The molecular weight excluding hydrogens is 252 g/mol. The fourth-order valence-corrected chi connectivity index (χ4v) is 2.40. The highest BCUT2D eigenvalue weighted by Gasteiger charge is 2.23. The molecule has 0 saturated heterocycles. The van der Waals surface area contributed by atoms with E-state index in [0.29, 0.717) is 0 Å². The SMILES string of the molecule is O=C(O)CCC(O)C(c1ccccc1)c1ccccc1. The third-order valence-electron chi connectivity index (χ3n) is 3.36. The molecule has 0 bridgehead atoms. The number of carboxylic acids is 1. The minimum Gasteiger partial charge on any atom is -0.481 e. The van der Waals surface area contributed by atoms with Gasteiger partial charge in [0.25, 0.3) is 0 Å². The molecule has 3 nitrogen and oxygen atoms in total. The van der Waals surface area contributed by atoms with E-state index in [2.05, 4.69) is 0 Å². The van der Waals surface area contributed by atoms with Gasteiger partial charge in [0.2, 0.25) is 0 Å². The molecule has 2 N–H and O–H groups in total. The zero-order valence-corrected chi connectivity index (χ0v) is 11.1. The minimum atomic E-state index is -0.885. The van der Waals surface area contributed by atoms with Crippen molar-refractivity contribution in [2.45, 2.75) is 24.9 Å². The van der Waals surface area contributed by atoms with Crippen LogP contribution in [-0.2, 0) is 4.79 Å². The topological polar surface area (TPSA) is 57.5 Å². The van der Waals surface area contributed by atoms with E-state index in [9.17, 15) is 9.90 Å². The second-order valence-electron chi connectivity index (χ2n) is 4.80. The van der Waals surface area contributed by atoms with Gasteiger partial charge in [-0.3, -0.25) is 4.79 Å².